The lowest BCUT2D eigenvalue weighted by Crippen LogP contribution is -2.52. The van der Waals surface area contributed by atoms with Gasteiger partial charge >= 0.3 is 0 Å². The monoisotopic (exact) mass is 426 g/mol. The van der Waals surface area contributed by atoms with E-state index in [2.05, 4.69) is 21.2 Å². The van der Waals surface area contributed by atoms with Crippen LogP contribution in [0.15, 0.2) is 54.7 Å². The number of aromatic amines is 1. The van der Waals surface area contributed by atoms with E-state index in [0.717, 1.165) is 10.9 Å². The van der Waals surface area contributed by atoms with Crippen molar-refractivity contribution in [2.45, 2.75) is 26.3 Å². The smallest absolute Gasteiger partial charge is 0.271 e. The standard InChI is InChI=1S/C22H23ClN4O3/c1-13(2)11-19(25-20(28)14-7-9-15(23)10-8-14)22(30)27-26-21(29)17-12-24-18-6-4-3-5-16(17)18/h3-10,12-13,19,24H,11H2,1-2H3,(H,25,28)(H,26,29)(H,27,30). The van der Waals surface area contributed by atoms with Crippen LogP contribution >= 0.6 is 11.6 Å². The molecule has 0 saturated carbocycles. The molecule has 0 aliphatic carbocycles. The summed E-state index contributed by atoms with van der Waals surface area (Å²) in [6, 6.07) is 12.9. The Morgan fingerprint density at radius 1 is 0.967 bits per heavy atom. The van der Waals surface area contributed by atoms with E-state index in [4.69, 9.17) is 11.6 Å². The van der Waals surface area contributed by atoms with Crippen LogP contribution in [0.4, 0.5) is 0 Å². The van der Waals surface area contributed by atoms with Crippen LogP contribution in [0.25, 0.3) is 10.9 Å². The van der Waals surface area contributed by atoms with E-state index in [0.29, 0.717) is 22.6 Å². The second-order valence-electron chi connectivity index (χ2n) is 7.35. The van der Waals surface area contributed by atoms with Gasteiger partial charge in [-0.1, -0.05) is 43.6 Å². The van der Waals surface area contributed by atoms with Gasteiger partial charge in [0.05, 0.1) is 5.56 Å². The van der Waals surface area contributed by atoms with Crippen LogP contribution in [-0.2, 0) is 4.79 Å². The summed E-state index contributed by atoms with van der Waals surface area (Å²) in [7, 11) is 0. The number of nitrogens with one attached hydrogen (secondary N) is 4. The summed E-state index contributed by atoms with van der Waals surface area (Å²) in [6.45, 7) is 3.89. The lowest BCUT2D eigenvalue weighted by atomic mass is 10.0. The van der Waals surface area contributed by atoms with Gasteiger partial charge < -0.3 is 10.3 Å². The minimum Gasteiger partial charge on any atom is -0.360 e. The Hall–Kier alpha value is -3.32. The Morgan fingerprint density at radius 3 is 2.37 bits per heavy atom. The number of hydrogen-bond acceptors (Lipinski definition) is 3. The molecular weight excluding hydrogens is 404 g/mol. The summed E-state index contributed by atoms with van der Waals surface area (Å²) in [5.41, 5.74) is 6.47. The SMILES string of the molecule is CC(C)CC(NC(=O)c1ccc(Cl)cc1)C(=O)NNC(=O)c1c[nH]c2ccccc12. The molecule has 8 heteroatoms. The van der Waals surface area contributed by atoms with Gasteiger partial charge in [-0.3, -0.25) is 25.2 Å². The zero-order valence-corrected chi connectivity index (χ0v) is 17.4. The minimum absolute atomic E-state index is 0.149. The van der Waals surface area contributed by atoms with E-state index in [9.17, 15) is 14.4 Å². The molecule has 3 aromatic rings. The first-order valence-electron chi connectivity index (χ1n) is 9.58. The number of carbonyl (C=O) groups excluding carboxylic acids is 3. The Kier molecular flexibility index (Phi) is 6.74. The molecule has 30 heavy (non-hydrogen) atoms. The summed E-state index contributed by atoms with van der Waals surface area (Å²) in [5, 5.41) is 3.99. The molecule has 1 unspecified atom stereocenters. The molecule has 0 saturated heterocycles. The largest absolute Gasteiger partial charge is 0.360 e. The molecule has 1 heterocycles. The number of carbonyl (C=O) groups is 3. The summed E-state index contributed by atoms with van der Waals surface area (Å²) >= 11 is 5.85. The maximum absolute atomic E-state index is 12.7. The van der Waals surface area contributed by atoms with Gasteiger partial charge in [-0.2, -0.15) is 0 Å². The topological polar surface area (TPSA) is 103 Å². The van der Waals surface area contributed by atoms with Gasteiger partial charge in [0.2, 0.25) is 0 Å². The lowest BCUT2D eigenvalue weighted by molar-refractivity contribution is -0.124. The number of hydrogen-bond donors (Lipinski definition) is 4. The summed E-state index contributed by atoms with van der Waals surface area (Å²) in [6.07, 6.45) is 1.99. The number of fused-ring (bicyclic) bond motifs is 1. The highest BCUT2D eigenvalue weighted by atomic mass is 35.5. The van der Waals surface area contributed by atoms with Crippen LogP contribution in [0.2, 0.25) is 5.02 Å². The minimum atomic E-state index is -0.809. The fourth-order valence-electron chi connectivity index (χ4n) is 3.08. The molecule has 0 aliphatic heterocycles. The zero-order valence-electron chi connectivity index (χ0n) is 16.7. The fraction of sp³-hybridized carbons (Fsp3) is 0.227. The molecular formula is C22H23ClN4O3. The van der Waals surface area contributed by atoms with Crippen LogP contribution in [0.5, 0.6) is 0 Å². The number of rotatable bonds is 6. The highest BCUT2D eigenvalue weighted by molar-refractivity contribution is 6.30. The fourth-order valence-corrected chi connectivity index (χ4v) is 3.20. The van der Waals surface area contributed by atoms with Crippen molar-refractivity contribution in [2.75, 3.05) is 0 Å². The van der Waals surface area contributed by atoms with Crippen molar-refractivity contribution in [2.24, 2.45) is 5.92 Å². The van der Waals surface area contributed by atoms with E-state index in [1.165, 1.54) is 0 Å². The molecule has 3 rings (SSSR count). The van der Waals surface area contributed by atoms with Gasteiger partial charge in [0, 0.05) is 27.7 Å². The van der Waals surface area contributed by atoms with Crippen LogP contribution in [0.3, 0.4) is 0 Å². The van der Waals surface area contributed by atoms with Gasteiger partial charge in [-0.15, -0.1) is 0 Å². The van der Waals surface area contributed by atoms with Crippen molar-refractivity contribution >= 4 is 40.2 Å². The lowest BCUT2D eigenvalue weighted by Gasteiger charge is -2.20. The second kappa shape index (κ2) is 9.45. The Labute approximate surface area is 179 Å². The van der Waals surface area contributed by atoms with Gasteiger partial charge in [0.25, 0.3) is 17.7 Å². The maximum atomic E-state index is 12.7. The summed E-state index contributed by atoms with van der Waals surface area (Å²) in [4.78, 5) is 40.7. The van der Waals surface area contributed by atoms with Crippen molar-refractivity contribution in [1.82, 2.24) is 21.2 Å². The number of aromatic nitrogens is 1. The summed E-state index contributed by atoms with van der Waals surface area (Å²) < 4.78 is 0. The first-order valence-corrected chi connectivity index (χ1v) is 9.95. The molecule has 0 spiro atoms. The number of H-pyrrole nitrogens is 1. The predicted octanol–water partition coefficient (Wildman–Crippen LogP) is 3.43. The molecule has 156 valence electrons. The van der Waals surface area contributed by atoms with E-state index in [1.54, 1.807) is 30.5 Å². The van der Waals surface area contributed by atoms with Crippen molar-refractivity contribution in [3.05, 3.63) is 70.9 Å². The zero-order chi connectivity index (χ0) is 21.7. The summed E-state index contributed by atoms with van der Waals surface area (Å²) in [5.74, 6) is -1.20. The number of halogens is 1. The molecule has 1 atom stereocenters. The number of hydrazine groups is 1. The highest BCUT2D eigenvalue weighted by Crippen LogP contribution is 2.17. The molecule has 0 aliphatic rings. The number of amides is 3. The average Bonchev–Trinajstić information content (AvgIpc) is 3.15. The van der Waals surface area contributed by atoms with Crippen molar-refractivity contribution in [3.8, 4) is 0 Å². The first kappa shape index (κ1) is 21.4. The Morgan fingerprint density at radius 2 is 1.67 bits per heavy atom. The molecule has 0 fully saturated rings. The second-order valence-corrected chi connectivity index (χ2v) is 7.79. The van der Waals surface area contributed by atoms with Crippen LogP contribution in [0, 0.1) is 5.92 Å². The molecule has 7 nitrogen and oxygen atoms in total. The third kappa shape index (κ3) is 5.18. The number of benzene rings is 2. The van der Waals surface area contributed by atoms with Gasteiger partial charge in [0.15, 0.2) is 0 Å². The van der Waals surface area contributed by atoms with E-state index in [-0.39, 0.29) is 5.92 Å². The van der Waals surface area contributed by atoms with Crippen molar-refractivity contribution in [1.29, 1.82) is 0 Å². The number of para-hydroxylation sites is 1. The average molecular weight is 427 g/mol. The molecule has 0 radical (unpaired) electrons. The van der Waals surface area contributed by atoms with E-state index in [1.807, 2.05) is 38.1 Å². The third-order valence-corrected chi connectivity index (χ3v) is 4.82. The van der Waals surface area contributed by atoms with E-state index >= 15 is 0 Å². The van der Waals surface area contributed by atoms with Crippen molar-refractivity contribution in [3.63, 3.8) is 0 Å². The van der Waals surface area contributed by atoms with Crippen LogP contribution in [0.1, 0.15) is 41.0 Å². The van der Waals surface area contributed by atoms with Crippen LogP contribution < -0.4 is 16.2 Å². The van der Waals surface area contributed by atoms with Gasteiger partial charge in [-0.25, -0.2) is 0 Å². The normalized spacial score (nSPS) is 11.9. The predicted molar refractivity (Wildman–Crippen MR) is 116 cm³/mol. The third-order valence-electron chi connectivity index (χ3n) is 4.57. The molecule has 4 N–H and O–H groups in total. The Bertz CT molecular complexity index is 1060. The maximum Gasteiger partial charge on any atom is 0.271 e. The van der Waals surface area contributed by atoms with Gasteiger partial charge in [-0.05, 0) is 42.7 Å². The van der Waals surface area contributed by atoms with E-state index < -0.39 is 23.8 Å². The van der Waals surface area contributed by atoms with Crippen LogP contribution in [-0.4, -0.2) is 28.7 Å². The molecule has 2 aromatic carbocycles. The molecule has 1 aromatic heterocycles. The quantitative estimate of drug-likeness (QED) is 0.454. The first-order chi connectivity index (χ1) is 14.3. The van der Waals surface area contributed by atoms with Crippen molar-refractivity contribution < 1.29 is 14.4 Å². The Balaban J connectivity index is 1.65. The molecule has 3 amide bonds. The molecule has 0 bridgehead atoms. The highest BCUT2D eigenvalue weighted by Gasteiger charge is 2.23. The van der Waals surface area contributed by atoms with Gasteiger partial charge in [0.1, 0.15) is 6.04 Å².